The summed E-state index contributed by atoms with van der Waals surface area (Å²) in [7, 11) is 0. The smallest absolute Gasteiger partial charge is 0.256 e. The van der Waals surface area contributed by atoms with Crippen LogP contribution >= 0.6 is 0 Å². The number of nitrogens with zero attached hydrogens (tertiary/aromatic N) is 1. The van der Waals surface area contributed by atoms with E-state index in [4.69, 9.17) is 4.74 Å². The molecule has 1 atom stereocenters. The highest BCUT2D eigenvalue weighted by Gasteiger charge is 2.31. The van der Waals surface area contributed by atoms with E-state index in [0.29, 0.717) is 29.3 Å². The maximum Gasteiger partial charge on any atom is 0.256 e. The number of phenols is 1. The number of carbonyl (C=O) groups is 1. The second kappa shape index (κ2) is 6.88. The highest BCUT2D eigenvalue weighted by Crippen LogP contribution is 2.37. The Bertz CT molecular complexity index is 929. The van der Waals surface area contributed by atoms with Gasteiger partial charge in [0.2, 0.25) is 0 Å². The maximum absolute atomic E-state index is 12.6. The van der Waals surface area contributed by atoms with Gasteiger partial charge in [0.25, 0.3) is 5.91 Å². The number of benzene rings is 2. The fourth-order valence-electron chi connectivity index (χ4n) is 3.20. The van der Waals surface area contributed by atoms with E-state index in [1.165, 1.54) is 0 Å². The summed E-state index contributed by atoms with van der Waals surface area (Å²) in [6.45, 7) is 0.544. The first-order valence-corrected chi connectivity index (χ1v) is 8.50. The van der Waals surface area contributed by atoms with Gasteiger partial charge in [0.05, 0.1) is 12.2 Å². The molecule has 1 unspecified atom stereocenters. The average Bonchev–Trinajstić information content (AvgIpc) is 2.69. The molecule has 2 heterocycles. The van der Waals surface area contributed by atoms with Gasteiger partial charge in [0.1, 0.15) is 17.3 Å². The third kappa shape index (κ3) is 2.99. The lowest BCUT2D eigenvalue weighted by Crippen LogP contribution is -2.36. The number of amidine groups is 1. The van der Waals surface area contributed by atoms with Crippen molar-refractivity contribution in [3.63, 3.8) is 0 Å². The predicted molar refractivity (Wildman–Crippen MR) is 99.6 cm³/mol. The molecule has 0 spiro atoms. The second-order valence-corrected chi connectivity index (χ2v) is 6.14. The number of para-hydroxylation sites is 1. The number of hydrogen-bond acceptors (Lipinski definition) is 4. The van der Waals surface area contributed by atoms with Gasteiger partial charge in [-0.2, -0.15) is 0 Å². The minimum atomic E-state index is -0.229. The molecule has 0 radical (unpaired) electrons. The number of hydrogen-bond donors (Lipinski definition) is 2. The summed E-state index contributed by atoms with van der Waals surface area (Å²) in [6.07, 6.45) is 4.50. The van der Waals surface area contributed by atoms with Crippen molar-refractivity contribution in [3.8, 4) is 5.75 Å². The summed E-state index contributed by atoms with van der Waals surface area (Å²) < 4.78 is 5.89. The van der Waals surface area contributed by atoms with E-state index in [0.717, 1.165) is 12.0 Å². The van der Waals surface area contributed by atoms with Crippen molar-refractivity contribution in [2.45, 2.75) is 6.42 Å². The van der Waals surface area contributed by atoms with Gasteiger partial charge in [-0.3, -0.25) is 4.79 Å². The Hall–Kier alpha value is -3.34. The van der Waals surface area contributed by atoms with Crippen LogP contribution in [-0.4, -0.2) is 23.5 Å². The van der Waals surface area contributed by atoms with E-state index in [2.05, 4.69) is 10.3 Å². The molecule has 0 saturated carbocycles. The zero-order valence-corrected chi connectivity index (χ0v) is 14.1. The van der Waals surface area contributed by atoms with E-state index in [-0.39, 0.29) is 17.6 Å². The molecule has 0 aromatic heterocycles. The number of allylic oxidation sites excluding steroid dienone is 1. The highest BCUT2D eigenvalue weighted by atomic mass is 16.5. The Kier molecular flexibility index (Phi) is 4.27. The van der Waals surface area contributed by atoms with Crippen LogP contribution in [0.1, 0.15) is 22.3 Å². The molecule has 2 aliphatic rings. The van der Waals surface area contributed by atoms with E-state index < -0.39 is 0 Å². The number of aromatic hydroxyl groups is 1. The SMILES string of the molecule is O=C(NC1=NC=CC2CCOC(c3ccccc3O)=C12)c1ccccc1. The van der Waals surface area contributed by atoms with Crippen LogP contribution in [0.4, 0.5) is 0 Å². The molecule has 2 N–H and O–H groups in total. The molecule has 5 nitrogen and oxygen atoms in total. The molecule has 1 amide bonds. The molecule has 0 fully saturated rings. The van der Waals surface area contributed by atoms with E-state index in [1.807, 2.05) is 30.3 Å². The number of ether oxygens (including phenoxy) is 1. The number of fused-ring (bicyclic) bond motifs is 1. The summed E-state index contributed by atoms with van der Waals surface area (Å²) in [6, 6.07) is 16.0. The fourth-order valence-corrected chi connectivity index (χ4v) is 3.20. The lowest BCUT2D eigenvalue weighted by Gasteiger charge is -2.30. The van der Waals surface area contributed by atoms with Gasteiger partial charge in [0.15, 0.2) is 0 Å². The normalized spacial score (nSPS) is 18.6. The van der Waals surface area contributed by atoms with E-state index in [9.17, 15) is 9.90 Å². The molecule has 2 aromatic carbocycles. The van der Waals surface area contributed by atoms with Crippen molar-refractivity contribution in [2.75, 3.05) is 6.61 Å². The standard InChI is InChI=1S/C21H18N2O3/c24-17-9-5-4-8-16(17)19-18-14(11-13-26-19)10-12-22-20(18)23-21(25)15-6-2-1-3-7-15/h1-10,12,14,24H,11,13H2,(H,22,23,25). The average molecular weight is 346 g/mol. The Morgan fingerprint density at radius 2 is 1.88 bits per heavy atom. The highest BCUT2D eigenvalue weighted by molar-refractivity contribution is 6.16. The molecular formula is C21H18N2O3. The van der Waals surface area contributed by atoms with Gasteiger partial charge >= 0.3 is 0 Å². The molecule has 130 valence electrons. The zero-order chi connectivity index (χ0) is 17.9. The topological polar surface area (TPSA) is 70.9 Å². The van der Waals surface area contributed by atoms with Crippen LogP contribution in [-0.2, 0) is 4.74 Å². The van der Waals surface area contributed by atoms with Crippen molar-refractivity contribution < 1.29 is 14.6 Å². The minimum Gasteiger partial charge on any atom is -0.507 e. The van der Waals surface area contributed by atoms with Crippen molar-refractivity contribution >= 4 is 17.5 Å². The van der Waals surface area contributed by atoms with Gasteiger partial charge in [-0.1, -0.05) is 36.4 Å². The Morgan fingerprint density at radius 1 is 1.12 bits per heavy atom. The molecule has 0 saturated heterocycles. The molecular weight excluding hydrogens is 328 g/mol. The zero-order valence-electron chi connectivity index (χ0n) is 14.1. The Labute approximate surface area is 151 Å². The lowest BCUT2D eigenvalue weighted by atomic mass is 9.88. The summed E-state index contributed by atoms with van der Waals surface area (Å²) in [5.41, 5.74) is 1.96. The van der Waals surface area contributed by atoms with Crippen LogP contribution in [0.5, 0.6) is 5.75 Å². The number of nitrogens with one attached hydrogen (secondary N) is 1. The number of aliphatic imine (C=N–C) groups is 1. The van der Waals surface area contributed by atoms with Gasteiger partial charge in [-0.05, 0) is 30.7 Å². The van der Waals surface area contributed by atoms with Crippen LogP contribution in [0.2, 0.25) is 0 Å². The predicted octanol–water partition coefficient (Wildman–Crippen LogP) is 3.50. The van der Waals surface area contributed by atoms with Crippen LogP contribution in [0, 0.1) is 5.92 Å². The minimum absolute atomic E-state index is 0.0851. The van der Waals surface area contributed by atoms with Crippen LogP contribution in [0.15, 0.2) is 77.4 Å². The molecule has 5 heteroatoms. The fraction of sp³-hybridized carbons (Fsp3) is 0.143. The number of phenolic OH excluding ortho intramolecular Hbond substituents is 1. The first-order chi connectivity index (χ1) is 12.7. The summed E-state index contributed by atoms with van der Waals surface area (Å²) in [5.74, 6) is 1.02. The van der Waals surface area contributed by atoms with E-state index >= 15 is 0 Å². The van der Waals surface area contributed by atoms with Crippen molar-refractivity contribution in [1.82, 2.24) is 5.32 Å². The largest absolute Gasteiger partial charge is 0.507 e. The number of carbonyl (C=O) groups excluding carboxylic acids is 1. The molecule has 4 rings (SSSR count). The maximum atomic E-state index is 12.6. The summed E-state index contributed by atoms with van der Waals surface area (Å²) >= 11 is 0. The Morgan fingerprint density at radius 3 is 2.69 bits per heavy atom. The molecule has 0 aliphatic carbocycles. The molecule has 0 bridgehead atoms. The third-order valence-electron chi connectivity index (χ3n) is 4.48. The van der Waals surface area contributed by atoms with Crippen LogP contribution in [0.3, 0.4) is 0 Å². The monoisotopic (exact) mass is 346 g/mol. The lowest BCUT2D eigenvalue weighted by molar-refractivity contribution is 0.0976. The molecule has 2 aromatic rings. The second-order valence-electron chi connectivity index (χ2n) is 6.14. The first kappa shape index (κ1) is 16.1. The van der Waals surface area contributed by atoms with Gasteiger partial charge < -0.3 is 15.2 Å². The molecule has 2 aliphatic heterocycles. The van der Waals surface area contributed by atoms with E-state index in [1.54, 1.807) is 36.5 Å². The van der Waals surface area contributed by atoms with Gasteiger partial charge in [0, 0.05) is 23.3 Å². The Balaban J connectivity index is 1.74. The first-order valence-electron chi connectivity index (χ1n) is 8.50. The van der Waals surface area contributed by atoms with Crippen molar-refractivity contribution in [2.24, 2.45) is 10.9 Å². The number of amides is 1. The van der Waals surface area contributed by atoms with Gasteiger partial charge in [-0.15, -0.1) is 0 Å². The van der Waals surface area contributed by atoms with Gasteiger partial charge in [-0.25, -0.2) is 4.99 Å². The summed E-state index contributed by atoms with van der Waals surface area (Å²) in [5, 5.41) is 13.1. The summed E-state index contributed by atoms with van der Waals surface area (Å²) in [4.78, 5) is 16.9. The number of rotatable bonds is 2. The van der Waals surface area contributed by atoms with Crippen LogP contribution < -0.4 is 5.32 Å². The molecule has 26 heavy (non-hydrogen) atoms. The van der Waals surface area contributed by atoms with Crippen molar-refractivity contribution in [1.29, 1.82) is 0 Å². The quantitative estimate of drug-likeness (QED) is 0.874. The third-order valence-corrected chi connectivity index (χ3v) is 4.48. The van der Waals surface area contributed by atoms with Crippen LogP contribution in [0.25, 0.3) is 5.76 Å². The van der Waals surface area contributed by atoms with Crippen molar-refractivity contribution in [3.05, 3.63) is 83.6 Å².